The predicted octanol–water partition coefficient (Wildman–Crippen LogP) is 3.50. The minimum absolute atomic E-state index is 0.0696. The smallest absolute Gasteiger partial charge is 0.261 e. The molecule has 0 spiro atoms. The molecule has 1 aromatic carbocycles. The van der Waals surface area contributed by atoms with E-state index in [1.807, 2.05) is 36.9 Å². The van der Waals surface area contributed by atoms with Gasteiger partial charge in [0.25, 0.3) is 5.91 Å². The number of carbonyl (C=O) groups is 1. The van der Waals surface area contributed by atoms with Gasteiger partial charge in [-0.1, -0.05) is 33.8 Å². The second kappa shape index (κ2) is 8.93. The van der Waals surface area contributed by atoms with Crippen molar-refractivity contribution in [2.24, 2.45) is 0 Å². The normalized spacial score (nSPS) is 12.6. The van der Waals surface area contributed by atoms with Gasteiger partial charge in [0.1, 0.15) is 11.5 Å². The summed E-state index contributed by atoms with van der Waals surface area (Å²) in [7, 11) is 1.61. The van der Waals surface area contributed by atoms with Gasteiger partial charge in [0.2, 0.25) is 0 Å². The summed E-state index contributed by atoms with van der Waals surface area (Å²) in [5.74, 6) is 2.18. The lowest BCUT2D eigenvalue weighted by molar-refractivity contribution is -0.127. The summed E-state index contributed by atoms with van der Waals surface area (Å²) in [6, 6.07) is 7.30. The molecule has 1 rings (SSSR count). The first-order chi connectivity index (χ1) is 10.4. The Labute approximate surface area is 138 Å². The van der Waals surface area contributed by atoms with Crippen LogP contribution in [0.25, 0.3) is 0 Å². The third-order valence-corrected chi connectivity index (χ3v) is 4.19. The first-order valence-corrected chi connectivity index (χ1v) is 8.56. The predicted molar refractivity (Wildman–Crippen MR) is 92.9 cm³/mol. The van der Waals surface area contributed by atoms with Gasteiger partial charge in [-0.2, -0.15) is 11.8 Å². The lowest BCUT2D eigenvalue weighted by Gasteiger charge is -2.20. The van der Waals surface area contributed by atoms with Crippen LogP contribution < -0.4 is 14.8 Å². The van der Waals surface area contributed by atoms with E-state index in [-0.39, 0.29) is 10.7 Å². The second-order valence-electron chi connectivity index (χ2n) is 5.95. The van der Waals surface area contributed by atoms with E-state index in [1.54, 1.807) is 13.2 Å². The number of carbonyl (C=O) groups excluding carboxylic acids is 1. The Bertz CT molecular complexity index is 471. The van der Waals surface area contributed by atoms with Gasteiger partial charge in [-0.25, -0.2) is 0 Å². The minimum atomic E-state index is -0.480. The van der Waals surface area contributed by atoms with E-state index in [0.29, 0.717) is 24.5 Å². The SMILES string of the molecule is CCC(Oc1cccc(OC)c1)C(=O)NCCSC(C)(C)C. The number of hydrogen-bond acceptors (Lipinski definition) is 4. The summed E-state index contributed by atoms with van der Waals surface area (Å²) in [5, 5.41) is 2.94. The Balaban J connectivity index is 2.47. The van der Waals surface area contributed by atoms with E-state index in [4.69, 9.17) is 9.47 Å². The maximum Gasteiger partial charge on any atom is 0.261 e. The number of hydrogen-bond donors (Lipinski definition) is 1. The fraction of sp³-hybridized carbons (Fsp3) is 0.588. The molecule has 1 N–H and O–H groups in total. The number of rotatable bonds is 8. The molecule has 1 atom stereocenters. The van der Waals surface area contributed by atoms with Crippen molar-refractivity contribution in [3.05, 3.63) is 24.3 Å². The van der Waals surface area contributed by atoms with E-state index in [2.05, 4.69) is 26.1 Å². The summed E-state index contributed by atoms with van der Waals surface area (Å²) in [6.07, 6.45) is 0.141. The standard InChI is InChI=1S/C17H27NO3S/c1-6-15(16(19)18-10-11-22-17(2,3)4)21-14-9-7-8-13(12-14)20-5/h7-9,12,15H,6,10-11H2,1-5H3,(H,18,19). The van der Waals surface area contributed by atoms with Crippen LogP contribution in [0.15, 0.2) is 24.3 Å². The number of ether oxygens (including phenoxy) is 2. The van der Waals surface area contributed by atoms with E-state index >= 15 is 0 Å². The summed E-state index contributed by atoms with van der Waals surface area (Å²) in [4.78, 5) is 12.2. The van der Waals surface area contributed by atoms with Gasteiger partial charge in [-0.05, 0) is 18.6 Å². The molecule has 1 aromatic rings. The largest absolute Gasteiger partial charge is 0.497 e. The number of thioether (sulfide) groups is 1. The Morgan fingerprint density at radius 1 is 1.32 bits per heavy atom. The molecule has 0 saturated carbocycles. The highest BCUT2D eigenvalue weighted by atomic mass is 32.2. The van der Waals surface area contributed by atoms with Crippen LogP contribution in [-0.2, 0) is 4.79 Å². The summed E-state index contributed by atoms with van der Waals surface area (Å²) < 4.78 is 11.1. The van der Waals surface area contributed by atoms with Crippen molar-refractivity contribution in [1.29, 1.82) is 0 Å². The second-order valence-corrected chi connectivity index (χ2v) is 7.87. The average Bonchev–Trinajstić information content (AvgIpc) is 2.48. The maximum atomic E-state index is 12.2. The van der Waals surface area contributed by atoms with Crippen molar-refractivity contribution in [3.8, 4) is 11.5 Å². The van der Waals surface area contributed by atoms with E-state index < -0.39 is 6.10 Å². The van der Waals surface area contributed by atoms with Gasteiger partial charge < -0.3 is 14.8 Å². The number of amides is 1. The molecule has 1 amide bonds. The Kier molecular flexibility index (Phi) is 7.59. The van der Waals surface area contributed by atoms with Crippen LogP contribution in [0, 0.1) is 0 Å². The van der Waals surface area contributed by atoms with Crippen LogP contribution in [0.3, 0.4) is 0 Å². The Morgan fingerprint density at radius 2 is 2.00 bits per heavy atom. The van der Waals surface area contributed by atoms with Gasteiger partial charge in [-0.15, -0.1) is 0 Å². The van der Waals surface area contributed by atoms with Crippen molar-refractivity contribution in [3.63, 3.8) is 0 Å². The van der Waals surface area contributed by atoms with Gasteiger partial charge >= 0.3 is 0 Å². The zero-order valence-electron chi connectivity index (χ0n) is 14.1. The molecule has 1 unspecified atom stereocenters. The topological polar surface area (TPSA) is 47.6 Å². The highest BCUT2D eigenvalue weighted by Gasteiger charge is 2.18. The maximum absolute atomic E-state index is 12.2. The van der Waals surface area contributed by atoms with Crippen LogP contribution in [0.1, 0.15) is 34.1 Å². The summed E-state index contributed by atoms with van der Waals surface area (Å²) in [6.45, 7) is 9.09. The molecule has 22 heavy (non-hydrogen) atoms. The Hall–Kier alpha value is -1.36. The third kappa shape index (κ3) is 7.07. The number of nitrogens with one attached hydrogen (secondary N) is 1. The molecule has 5 heteroatoms. The summed E-state index contributed by atoms with van der Waals surface area (Å²) >= 11 is 1.83. The third-order valence-electron chi connectivity index (χ3n) is 2.92. The zero-order valence-corrected chi connectivity index (χ0v) is 15.0. The molecule has 0 saturated heterocycles. The van der Waals surface area contributed by atoms with Crippen molar-refractivity contribution in [1.82, 2.24) is 5.32 Å². The molecule has 0 aromatic heterocycles. The monoisotopic (exact) mass is 325 g/mol. The fourth-order valence-electron chi connectivity index (χ4n) is 1.81. The van der Waals surface area contributed by atoms with Crippen LogP contribution in [0.2, 0.25) is 0 Å². The molecule has 124 valence electrons. The molecule has 0 fully saturated rings. The van der Waals surface area contributed by atoms with E-state index in [0.717, 1.165) is 5.75 Å². The highest BCUT2D eigenvalue weighted by Crippen LogP contribution is 2.22. The summed E-state index contributed by atoms with van der Waals surface area (Å²) in [5.41, 5.74) is 0. The Morgan fingerprint density at radius 3 is 2.59 bits per heavy atom. The van der Waals surface area contributed by atoms with Crippen molar-refractivity contribution >= 4 is 17.7 Å². The van der Waals surface area contributed by atoms with Crippen LogP contribution in [0.5, 0.6) is 11.5 Å². The molecule has 0 aliphatic rings. The van der Waals surface area contributed by atoms with Crippen LogP contribution in [-0.4, -0.2) is 36.2 Å². The molecule has 0 bridgehead atoms. The first-order valence-electron chi connectivity index (χ1n) is 7.58. The van der Waals surface area contributed by atoms with Gasteiger partial charge in [0.05, 0.1) is 7.11 Å². The lowest BCUT2D eigenvalue weighted by atomic mass is 10.2. The number of benzene rings is 1. The zero-order chi connectivity index (χ0) is 16.6. The van der Waals surface area contributed by atoms with Crippen molar-refractivity contribution in [2.75, 3.05) is 19.4 Å². The molecular formula is C17H27NO3S. The quantitative estimate of drug-likeness (QED) is 0.743. The molecule has 0 radical (unpaired) electrons. The van der Waals surface area contributed by atoms with Crippen LogP contribution >= 0.6 is 11.8 Å². The molecular weight excluding hydrogens is 298 g/mol. The fourth-order valence-corrected chi connectivity index (χ4v) is 2.62. The van der Waals surface area contributed by atoms with Crippen LogP contribution in [0.4, 0.5) is 0 Å². The molecule has 4 nitrogen and oxygen atoms in total. The van der Waals surface area contributed by atoms with Gasteiger partial charge in [0.15, 0.2) is 6.10 Å². The average molecular weight is 325 g/mol. The number of methoxy groups -OCH3 is 1. The van der Waals surface area contributed by atoms with Gasteiger partial charge in [-0.3, -0.25) is 4.79 Å². The van der Waals surface area contributed by atoms with E-state index in [9.17, 15) is 4.79 Å². The highest BCUT2D eigenvalue weighted by molar-refractivity contribution is 8.00. The molecule has 0 aliphatic carbocycles. The van der Waals surface area contributed by atoms with Crippen molar-refractivity contribution < 1.29 is 14.3 Å². The lowest BCUT2D eigenvalue weighted by Crippen LogP contribution is -2.39. The first kappa shape index (κ1) is 18.7. The molecule has 0 heterocycles. The van der Waals surface area contributed by atoms with Gasteiger partial charge in [0, 0.05) is 23.1 Å². The van der Waals surface area contributed by atoms with Crippen molar-refractivity contribution in [2.45, 2.75) is 45.0 Å². The molecule has 0 aliphatic heterocycles. The minimum Gasteiger partial charge on any atom is -0.497 e. The van der Waals surface area contributed by atoms with E-state index in [1.165, 1.54) is 0 Å².